The second-order valence-corrected chi connectivity index (χ2v) is 6.51. The second-order valence-electron chi connectivity index (χ2n) is 6.10. The van der Waals surface area contributed by atoms with Gasteiger partial charge in [0.05, 0.1) is 17.0 Å². The van der Waals surface area contributed by atoms with E-state index in [1.807, 2.05) is 18.1 Å². The Morgan fingerprint density at radius 3 is 2.00 bits per heavy atom. The molecule has 1 aromatic heterocycles. The molecule has 2 nitrogen and oxygen atoms in total. The number of halogens is 2. The quantitative estimate of drug-likeness (QED) is 0.464. The van der Waals surface area contributed by atoms with Gasteiger partial charge < -0.3 is 4.57 Å². The molecule has 0 bridgehead atoms. The summed E-state index contributed by atoms with van der Waals surface area (Å²) in [5.41, 5.74) is 3.30. The zero-order valence-corrected chi connectivity index (χ0v) is 16.0. The summed E-state index contributed by atoms with van der Waals surface area (Å²) in [6.45, 7) is 4.21. The van der Waals surface area contributed by atoms with Gasteiger partial charge in [0, 0.05) is 12.4 Å². The van der Waals surface area contributed by atoms with Gasteiger partial charge in [0.25, 0.3) is 0 Å². The summed E-state index contributed by atoms with van der Waals surface area (Å²) in [7, 11) is 0. The molecule has 0 saturated carbocycles. The summed E-state index contributed by atoms with van der Waals surface area (Å²) in [5.74, 6) is 1.65. The Labute approximate surface area is 170 Å². The molecule has 0 aliphatic heterocycles. The van der Waals surface area contributed by atoms with E-state index in [2.05, 4.69) is 60.1 Å². The van der Waals surface area contributed by atoms with E-state index >= 15 is 0 Å². The zero-order chi connectivity index (χ0) is 19.8. The van der Waals surface area contributed by atoms with Crippen LogP contribution in [0.5, 0.6) is 0 Å². The molecule has 3 aromatic carbocycles. The van der Waals surface area contributed by atoms with Gasteiger partial charge in [-0.2, -0.15) is 0 Å². The molecular weight excluding hydrogens is 370 g/mol. The molecule has 0 aliphatic carbocycles. The third-order valence-corrected chi connectivity index (χ3v) is 4.55. The second kappa shape index (κ2) is 9.72. The molecule has 0 fully saturated rings. The van der Waals surface area contributed by atoms with E-state index in [1.54, 1.807) is 29.4 Å². The molecular formula is C23H19BClFN2. The molecule has 0 radical (unpaired) electrons. The van der Waals surface area contributed by atoms with Gasteiger partial charge in [-0.3, -0.25) is 0 Å². The fourth-order valence-electron chi connectivity index (χ4n) is 2.88. The van der Waals surface area contributed by atoms with Crippen molar-refractivity contribution >= 4 is 29.2 Å². The molecule has 5 heteroatoms. The number of imidazole rings is 1. The molecule has 28 heavy (non-hydrogen) atoms. The van der Waals surface area contributed by atoms with E-state index in [0.717, 1.165) is 5.69 Å². The van der Waals surface area contributed by atoms with Crippen LogP contribution in [-0.4, -0.2) is 16.3 Å². The van der Waals surface area contributed by atoms with Crippen molar-refractivity contribution in [2.45, 2.75) is 0 Å². The zero-order valence-electron chi connectivity index (χ0n) is 15.2. The molecule has 0 atom stereocenters. The van der Waals surface area contributed by atoms with Crippen molar-refractivity contribution in [2.24, 2.45) is 0 Å². The first-order valence-corrected chi connectivity index (χ1v) is 9.22. The lowest BCUT2D eigenvalue weighted by atomic mass is 9.41. The van der Waals surface area contributed by atoms with Crippen molar-refractivity contribution in [1.82, 2.24) is 9.55 Å². The van der Waals surface area contributed by atoms with Crippen LogP contribution in [0.15, 0.2) is 110 Å². The maximum Gasteiger partial charge on any atom is 0.233 e. The Balaban J connectivity index is 0.000000162. The molecule has 0 N–H and O–H groups in total. The van der Waals surface area contributed by atoms with Gasteiger partial charge in [-0.15, -0.1) is 12.6 Å². The fourth-order valence-corrected chi connectivity index (χ4v) is 3.14. The minimum atomic E-state index is -0.339. The van der Waals surface area contributed by atoms with E-state index in [9.17, 15) is 4.39 Å². The smallest absolute Gasteiger partial charge is 0.233 e. The molecule has 0 unspecified atom stereocenters. The molecule has 1 heterocycles. The summed E-state index contributed by atoms with van der Waals surface area (Å²) in [6.07, 6.45) is 5.00. The van der Waals surface area contributed by atoms with Gasteiger partial charge in [-0.05, 0) is 18.2 Å². The summed E-state index contributed by atoms with van der Waals surface area (Å²) in [4.78, 5) is 3.87. The molecule has 138 valence electrons. The monoisotopic (exact) mass is 388 g/mol. The van der Waals surface area contributed by atoms with Crippen LogP contribution in [0.25, 0.3) is 5.69 Å². The highest BCUT2D eigenvalue weighted by Crippen LogP contribution is 2.20. The van der Waals surface area contributed by atoms with E-state index in [0.29, 0.717) is 11.7 Å². The van der Waals surface area contributed by atoms with E-state index < -0.39 is 0 Å². The predicted octanol–water partition coefficient (Wildman–Crippen LogP) is 4.69. The molecule has 4 aromatic rings. The van der Waals surface area contributed by atoms with Gasteiger partial charge in [0.1, 0.15) is 5.82 Å². The topological polar surface area (TPSA) is 17.8 Å². The number of hydrogen-bond donors (Lipinski definition) is 0. The highest BCUT2D eigenvalue weighted by molar-refractivity contribution is 6.89. The molecule has 0 amide bonds. The molecule has 4 rings (SSSR count). The first-order valence-electron chi connectivity index (χ1n) is 8.85. The Hall–Kier alpha value is -3.11. The molecule has 0 saturated heterocycles. The number of hydrogen-bond acceptors (Lipinski definition) is 1. The highest BCUT2D eigenvalue weighted by Gasteiger charge is 2.13. The van der Waals surface area contributed by atoms with Crippen LogP contribution in [-0.2, 0) is 0 Å². The molecule has 0 aliphatic rings. The Morgan fingerprint density at radius 2 is 1.54 bits per heavy atom. The average Bonchev–Trinajstić information content (AvgIpc) is 3.25. The Morgan fingerprint density at radius 1 is 0.929 bits per heavy atom. The van der Waals surface area contributed by atoms with Crippen LogP contribution in [0.2, 0.25) is 5.02 Å². The number of aromatic nitrogens is 2. The van der Waals surface area contributed by atoms with Crippen molar-refractivity contribution < 1.29 is 4.39 Å². The fraction of sp³-hybridized carbons (Fsp3) is 0. The van der Waals surface area contributed by atoms with Crippen molar-refractivity contribution in [3.05, 3.63) is 121 Å². The summed E-state index contributed by atoms with van der Waals surface area (Å²) in [5, 5.41) is 0.373. The summed E-state index contributed by atoms with van der Waals surface area (Å²) in [6, 6.07) is 25.1. The predicted molar refractivity (Wildman–Crippen MR) is 117 cm³/mol. The molecule has 0 spiro atoms. The van der Waals surface area contributed by atoms with Crippen LogP contribution < -0.4 is 10.9 Å². The number of nitrogens with zero attached hydrogens (tertiary/aromatic N) is 2. The largest absolute Gasteiger partial charge is 0.305 e. The minimum Gasteiger partial charge on any atom is -0.305 e. The highest BCUT2D eigenvalue weighted by atomic mass is 35.5. The first kappa shape index (κ1) is 19.7. The third kappa shape index (κ3) is 4.99. The Bertz CT molecular complexity index is 966. The van der Waals surface area contributed by atoms with Crippen LogP contribution in [0, 0.1) is 5.82 Å². The minimum absolute atomic E-state index is 0.299. The summed E-state index contributed by atoms with van der Waals surface area (Å²) >= 11 is 5.83. The SMILES string of the molecule is C=CB(c1ccccc1)c1ccccc1.Fc1ccc(-n2ccnc2)c(Cl)c1. The van der Waals surface area contributed by atoms with E-state index in [-0.39, 0.29) is 5.82 Å². The van der Waals surface area contributed by atoms with Crippen LogP contribution in [0.1, 0.15) is 0 Å². The normalized spacial score (nSPS) is 9.93. The maximum absolute atomic E-state index is 12.7. The van der Waals surface area contributed by atoms with Gasteiger partial charge in [-0.25, -0.2) is 9.37 Å². The van der Waals surface area contributed by atoms with Crippen LogP contribution in [0.4, 0.5) is 4.39 Å². The maximum atomic E-state index is 12.7. The van der Waals surface area contributed by atoms with Crippen LogP contribution in [0.3, 0.4) is 0 Å². The Kier molecular flexibility index (Phi) is 6.82. The van der Waals surface area contributed by atoms with E-state index in [1.165, 1.54) is 23.1 Å². The lowest BCUT2D eigenvalue weighted by molar-refractivity contribution is 0.627. The lowest BCUT2D eigenvalue weighted by Crippen LogP contribution is -2.40. The van der Waals surface area contributed by atoms with Crippen molar-refractivity contribution in [2.75, 3.05) is 0 Å². The first-order chi connectivity index (χ1) is 13.7. The van der Waals surface area contributed by atoms with Gasteiger partial charge in [0.15, 0.2) is 0 Å². The van der Waals surface area contributed by atoms with E-state index in [4.69, 9.17) is 11.6 Å². The average molecular weight is 389 g/mol. The van der Waals surface area contributed by atoms with Crippen LogP contribution >= 0.6 is 11.6 Å². The number of benzene rings is 3. The lowest BCUT2D eigenvalue weighted by Gasteiger charge is -2.09. The van der Waals surface area contributed by atoms with Crippen molar-refractivity contribution in [3.8, 4) is 5.69 Å². The van der Waals surface area contributed by atoms with Crippen molar-refractivity contribution in [1.29, 1.82) is 0 Å². The van der Waals surface area contributed by atoms with Crippen molar-refractivity contribution in [3.63, 3.8) is 0 Å². The van der Waals surface area contributed by atoms with Gasteiger partial charge in [0.2, 0.25) is 6.71 Å². The standard InChI is InChI=1S/C14H13B.C9H6ClFN2/c1-2-15(13-9-5-3-6-10-13)14-11-7-4-8-12-14;10-8-5-7(11)1-2-9(8)13-4-3-12-6-13/h2-12H,1H2;1-6H. The summed E-state index contributed by atoms with van der Waals surface area (Å²) < 4.78 is 14.4. The third-order valence-electron chi connectivity index (χ3n) is 4.25. The van der Waals surface area contributed by atoms with Gasteiger partial charge in [-0.1, -0.05) is 83.2 Å². The number of rotatable bonds is 4. The van der Waals surface area contributed by atoms with Gasteiger partial charge >= 0.3 is 0 Å².